The normalized spacial score (nSPS) is 11.9. The summed E-state index contributed by atoms with van der Waals surface area (Å²) in [4.78, 5) is 0. The predicted octanol–water partition coefficient (Wildman–Crippen LogP) is 0.952. The van der Waals surface area contributed by atoms with Gasteiger partial charge in [-0.15, -0.1) is 0 Å². The van der Waals surface area contributed by atoms with Gasteiger partial charge in [-0.1, -0.05) is 20.8 Å². The molecule has 0 saturated heterocycles. The number of hydrogen-bond donors (Lipinski definition) is 2. The Bertz CT molecular complexity index is 303. The second-order valence-electron chi connectivity index (χ2n) is 3.47. The Balaban J connectivity index is 3.26. The number of nitrogen functional groups attached to an aromatic ring is 1. The maximum Gasteiger partial charge on any atom is 0.214 e. The molecule has 0 aliphatic carbocycles. The van der Waals surface area contributed by atoms with Crippen LogP contribution in [0.5, 0.6) is 0 Å². The number of nitrogens with one attached hydrogen (secondary N) is 1. The van der Waals surface area contributed by atoms with Crippen LogP contribution in [-0.2, 0) is 5.41 Å². The van der Waals surface area contributed by atoms with Gasteiger partial charge in [-0.2, -0.15) is 5.10 Å². The van der Waals surface area contributed by atoms with E-state index >= 15 is 0 Å². The fourth-order valence-corrected chi connectivity index (χ4v) is 0.966. The van der Waals surface area contributed by atoms with E-state index in [1.165, 1.54) is 4.68 Å². The molecule has 0 spiro atoms. The Kier molecular flexibility index (Phi) is 1.75. The number of rotatable bonds is 0. The standard InChI is InChI=1S/C6H12N4S/c1-6(2,3)4-8-9-5(11)10(4)7/h7H2,1-3H3,(H,9,11). The highest BCUT2D eigenvalue weighted by Gasteiger charge is 2.19. The van der Waals surface area contributed by atoms with Crippen molar-refractivity contribution in [1.29, 1.82) is 0 Å². The summed E-state index contributed by atoms with van der Waals surface area (Å²) in [5.41, 5.74) is -0.0672. The summed E-state index contributed by atoms with van der Waals surface area (Å²) in [7, 11) is 0. The smallest absolute Gasteiger partial charge is 0.214 e. The first-order valence-corrected chi connectivity index (χ1v) is 3.76. The van der Waals surface area contributed by atoms with E-state index in [1.807, 2.05) is 20.8 Å². The van der Waals surface area contributed by atoms with E-state index in [1.54, 1.807) is 0 Å². The molecule has 0 unspecified atom stereocenters. The van der Waals surface area contributed by atoms with Crippen molar-refractivity contribution in [1.82, 2.24) is 14.9 Å². The van der Waals surface area contributed by atoms with Gasteiger partial charge in [0.05, 0.1) is 0 Å². The first kappa shape index (κ1) is 8.26. The molecule has 5 heteroatoms. The van der Waals surface area contributed by atoms with Crippen LogP contribution in [0.2, 0.25) is 0 Å². The van der Waals surface area contributed by atoms with Crippen LogP contribution in [0.25, 0.3) is 0 Å². The molecule has 0 bridgehead atoms. The summed E-state index contributed by atoms with van der Waals surface area (Å²) in [6.45, 7) is 6.09. The SMILES string of the molecule is CC(C)(C)c1n[nH]c(=S)n1N. The van der Waals surface area contributed by atoms with Gasteiger partial charge in [0.25, 0.3) is 0 Å². The third kappa shape index (κ3) is 1.42. The van der Waals surface area contributed by atoms with E-state index < -0.39 is 0 Å². The fraction of sp³-hybridized carbons (Fsp3) is 0.667. The maximum atomic E-state index is 5.61. The number of hydrogen-bond acceptors (Lipinski definition) is 3. The first-order valence-electron chi connectivity index (χ1n) is 3.36. The lowest BCUT2D eigenvalue weighted by atomic mass is 9.96. The van der Waals surface area contributed by atoms with Gasteiger partial charge in [0.1, 0.15) is 0 Å². The molecule has 11 heavy (non-hydrogen) atoms. The molecule has 1 heterocycles. The molecule has 1 aromatic rings. The fourth-order valence-electron chi connectivity index (χ4n) is 0.834. The van der Waals surface area contributed by atoms with Crippen molar-refractivity contribution >= 4 is 12.2 Å². The van der Waals surface area contributed by atoms with Gasteiger partial charge in [0, 0.05) is 5.41 Å². The molecule has 0 atom stereocenters. The highest BCUT2D eigenvalue weighted by molar-refractivity contribution is 7.71. The van der Waals surface area contributed by atoms with Crippen LogP contribution in [-0.4, -0.2) is 14.9 Å². The number of aromatic nitrogens is 3. The molecule has 4 nitrogen and oxygen atoms in total. The van der Waals surface area contributed by atoms with E-state index in [-0.39, 0.29) is 5.41 Å². The second-order valence-corrected chi connectivity index (χ2v) is 3.86. The lowest BCUT2D eigenvalue weighted by Crippen LogP contribution is -2.23. The van der Waals surface area contributed by atoms with Crippen molar-refractivity contribution in [2.24, 2.45) is 0 Å². The van der Waals surface area contributed by atoms with Crippen molar-refractivity contribution in [3.05, 3.63) is 10.6 Å². The molecule has 3 N–H and O–H groups in total. The zero-order chi connectivity index (χ0) is 8.65. The van der Waals surface area contributed by atoms with Crippen molar-refractivity contribution in [3.63, 3.8) is 0 Å². The Hall–Kier alpha value is -0.840. The molecule has 62 valence electrons. The molecule has 1 aromatic heterocycles. The Morgan fingerprint density at radius 3 is 2.27 bits per heavy atom. The summed E-state index contributed by atoms with van der Waals surface area (Å²) in [6.07, 6.45) is 0. The van der Waals surface area contributed by atoms with Gasteiger partial charge < -0.3 is 5.84 Å². The maximum absolute atomic E-state index is 5.61. The molecule has 0 radical (unpaired) electrons. The van der Waals surface area contributed by atoms with Crippen molar-refractivity contribution in [2.75, 3.05) is 5.84 Å². The summed E-state index contributed by atoms with van der Waals surface area (Å²) in [5.74, 6) is 6.37. The van der Waals surface area contributed by atoms with Crippen molar-refractivity contribution < 1.29 is 0 Å². The second kappa shape index (κ2) is 2.34. The van der Waals surface area contributed by atoms with Gasteiger partial charge in [-0.25, -0.2) is 4.68 Å². The van der Waals surface area contributed by atoms with Gasteiger partial charge in [-0.3, -0.25) is 5.10 Å². The minimum atomic E-state index is -0.0672. The van der Waals surface area contributed by atoms with Gasteiger partial charge in [0.15, 0.2) is 5.82 Å². The van der Waals surface area contributed by atoms with Crippen LogP contribution in [0.15, 0.2) is 0 Å². The molecular formula is C6H12N4S. The average molecular weight is 172 g/mol. The minimum Gasteiger partial charge on any atom is -0.335 e. The van der Waals surface area contributed by atoms with Crippen molar-refractivity contribution in [2.45, 2.75) is 26.2 Å². The topological polar surface area (TPSA) is 59.6 Å². The van der Waals surface area contributed by atoms with Crippen LogP contribution in [0.1, 0.15) is 26.6 Å². The van der Waals surface area contributed by atoms with E-state index in [0.717, 1.165) is 5.82 Å². The Labute approximate surface area is 70.4 Å². The van der Waals surface area contributed by atoms with E-state index in [2.05, 4.69) is 10.2 Å². The van der Waals surface area contributed by atoms with Gasteiger partial charge in [-0.05, 0) is 12.2 Å². The number of nitrogens with two attached hydrogens (primary N) is 1. The summed E-state index contributed by atoms with van der Waals surface area (Å²) in [5, 5.41) is 6.64. The summed E-state index contributed by atoms with van der Waals surface area (Å²) < 4.78 is 1.85. The number of H-pyrrole nitrogens is 1. The van der Waals surface area contributed by atoms with Crippen LogP contribution in [0, 0.1) is 4.77 Å². The third-order valence-corrected chi connectivity index (χ3v) is 1.66. The highest BCUT2D eigenvalue weighted by atomic mass is 32.1. The number of nitrogens with zero attached hydrogens (tertiary/aromatic N) is 2. The largest absolute Gasteiger partial charge is 0.335 e. The summed E-state index contributed by atoms with van der Waals surface area (Å²) >= 11 is 4.86. The Morgan fingerprint density at radius 2 is 2.09 bits per heavy atom. The minimum absolute atomic E-state index is 0.0672. The van der Waals surface area contributed by atoms with Gasteiger partial charge in [0.2, 0.25) is 4.77 Å². The van der Waals surface area contributed by atoms with E-state index in [9.17, 15) is 0 Å². The van der Waals surface area contributed by atoms with Crippen LogP contribution in [0.3, 0.4) is 0 Å². The molecule has 0 amide bonds. The molecular weight excluding hydrogens is 160 g/mol. The summed E-state index contributed by atoms with van der Waals surface area (Å²) in [6, 6.07) is 0. The molecule has 0 aromatic carbocycles. The van der Waals surface area contributed by atoms with E-state index in [4.69, 9.17) is 18.1 Å². The third-order valence-electron chi connectivity index (χ3n) is 1.38. The predicted molar refractivity (Wildman–Crippen MR) is 46.3 cm³/mol. The van der Waals surface area contributed by atoms with E-state index in [0.29, 0.717) is 4.77 Å². The lowest BCUT2D eigenvalue weighted by molar-refractivity contribution is 0.527. The Morgan fingerprint density at radius 1 is 1.55 bits per heavy atom. The highest BCUT2D eigenvalue weighted by Crippen LogP contribution is 2.17. The molecule has 0 saturated carbocycles. The van der Waals surface area contributed by atoms with Crippen molar-refractivity contribution in [3.8, 4) is 0 Å². The van der Waals surface area contributed by atoms with Gasteiger partial charge >= 0.3 is 0 Å². The molecule has 0 fully saturated rings. The van der Waals surface area contributed by atoms with Crippen LogP contribution < -0.4 is 5.84 Å². The van der Waals surface area contributed by atoms with Crippen LogP contribution >= 0.6 is 12.2 Å². The molecule has 0 aliphatic rings. The lowest BCUT2D eigenvalue weighted by Gasteiger charge is -2.15. The molecule has 1 rings (SSSR count). The zero-order valence-electron chi connectivity index (χ0n) is 6.88. The zero-order valence-corrected chi connectivity index (χ0v) is 7.70. The quantitative estimate of drug-likeness (QED) is 0.452. The average Bonchev–Trinajstić information content (AvgIpc) is 2.11. The molecule has 0 aliphatic heterocycles. The van der Waals surface area contributed by atoms with Crippen LogP contribution in [0.4, 0.5) is 0 Å². The monoisotopic (exact) mass is 172 g/mol. The number of aromatic amines is 1. The first-order chi connectivity index (χ1) is 4.93.